The number of aromatic nitrogens is 2. The quantitative estimate of drug-likeness (QED) is 0.842. The highest BCUT2D eigenvalue weighted by molar-refractivity contribution is 5.76. The standard InChI is InChI=1S/C18H21N3O3/c1-14-19-9-7-16(20-14)17-13-21(10-12-24-17)18(22)8-11-23-15-5-3-2-4-6-15/h2-7,9,17H,8,10-13H2,1H3/t17-/m1/s1. The Bertz CT molecular complexity index is 678. The van der Waals surface area contributed by atoms with Gasteiger partial charge < -0.3 is 14.4 Å². The zero-order valence-electron chi connectivity index (χ0n) is 13.7. The van der Waals surface area contributed by atoms with Crippen molar-refractivity contribution in [3.63, 3.8) is 0 Å². The minimum Gasteiger partial charge on any atom is -0.493 e. The molecule has 1 amide bonds. The van der Waals surface area contributed by atoms with Crippen molar-refractivity contribution in [1.82, 2.24) is 14.9 Å². The van der Waals surface area contributed by atoms with E-state index in [2.05, 4.69) is 9.97 Å². The summed E-state index contributed by atoms with van der Waals surface area (Å²) < 4.78 is 11.4. The molecule has 0 N–H and O–H groups in total. The monoisotopic (exact) mass is 327 g/mol. The van der Waals surface area contributed by atoms with Crippen molar-refractivity contribution in [3.05, 3.63) is 54.1 Å². The molecule has 1 saturated heterocycles. The fourth-order valence-corrected chi connectivity index (χ4v) is 2.64. The summed E-state index contributed by atoms with van der Waals surface area (Å²) in [6, 6.07) is 11.4. The predicted octanol–water partition coefficient (Wildman–Crippen LogP) is 2.15. The van der Waals surface area contributed by atoms with Crippen LogP contribution in [-0.4, -0.2) is 47.1 Å². The van der Waals surface area contributed by atoms with Crippen LogP contribution in [-0.2, 0) is 9.53 Å². The molecule has 6 nitrogen and oxygen atoms in total. The van der Waals surface area contributed by atoms with E-state index in [4.69, 9.17) is 9.47 Å². The Morgan fingerprint density at radius 3 is 2.96 bits per heavy atom. The highest BCUT2D eigenvalue weighted by atomic mass is 16.5. The van der Waals surface area contributed by atoms with Gasteiger partial charge in [-0.05, 0) is 25.1 Å². The van der Waals surface area contributed by atoms with Crippen molar-refractivity contribution in [3.8, 4) is 5.75 Å². The third kappa shape index (κ3) is 4.29. The summed E-state index contributed by atoms with van der Waals surface area (Å²) in [5, 5.41) is 0. The number of amides is 1. The van der Waals surface area contributed by atoms with Gasteiger partial charge in [0.15, 0.2) is 0 Å². The fraction of sp³-hybridized carbons (Fsp3) is 0.389. The number of aryl methyl sites for hydroxylation is 1. The normalized spacial score (nSPS) is 17.5. The second kappa shape index (κ2) is 7.88. The summed E-state index contributed by atoms with van der Waals surface area (Å²) in [5.41, 5.74) is 0.820. The molecule has 0 radical (unpaired) electrons. The van der Waals surface area contributed by atoms with E-state index in [9.17, 15) is 4.79 Å². The SMILES string of the molecule is Cc1nccc([C@H]2CN(C(=O)CCOc3ccccc3)CCO2)n1. The number of hydrogen-bond donors (Lipinski definition) is 0. The Balaban J connectivity index is 1.51. The molecule has 0 unspecified atom stereocenters. The first-order chi connectivity index (χ1) is 11.7. The molecule has 1 aromatic carbocycles. The number of hydrogen-bond acceptors (Lipinski definition) is 5. The maximum Gasteiger partial charge on any atom is 0.226 e. The largest absolute Gasteiger partial charge is 0.493 e. The Kier molecular flexibility index (Phi) is 5.38. The van der Waals surface area contributed by atoms with Gasteiger partial charge in [0.1, 0.15) is 17.7 Å². The predicted molar refractivity (Wildman–Crippen MR) is 88.6 cm³/mol. The van der Waals surface area contributed by atoms with Gasteiger partial charge >= 0.3 is 0 Å². The average molecular weight is 327 g/mol. The van der Waals surface area contributed by atoms with Crippen molar-refractivity contribution in [2.24, 2.45) is 0 Å². The highest BCUT2D eigenvalue weighted by Gasteiger charge is 2.26. The summed E-state index contributed by atoms with van der Waals surface area (Å²) in [6.07, 6.45) is 1.87. The van der Waals surface area contributed by atoms with Gasteiger partial charge in [0.05, 0.1) is 31.9 Å². The number of para-hydroxylation sites is 1. The third-order valence-electron chi connectivity index (χ3n) is 3.87. The molecule has 0 bridgehead atoms. The molecule has 1 aliphatic heterocycles. The van der Waals surface area contributed by atoms with E-state index >= 15 is 0 Å². The number of carbonyl (C=O) groups excluding carboxylic acids is 1. The molecule has 24 heavy (non-hydrogen) atoms. The molecule has 2 heterocycles. The van der Waals surface area contributed by atoms with Gasteiger partial charge in [-0.25, -0.2) is 9.97 Å². The molecule has 3 rings (SSSR count). The van der Waals surface area contributed by atoms with E-state index in [-0.39, 0.29) is 12.0 Å². The molecular weight excluding hydrogens is 306 g/mol. The van der Waals surface area contributed by atoms with E-state index in [1.165, 1.54) is 0 Å². The van der Waals surface area contributed by atoms with Crippen molar-refractivity contribution < 1.29 is 14.3 Å². The van der Waals surface area contributed by atoms with Gasteiger partial charge in [-0.2, -0.15) is 0 Å². The van der Waals surface area contributed by atoms with Crippen LogP contribution in [0.25, 0.3) is 0 Å². The molecule has 0 aliphatic carbocycles. The average Bonchev–Trinajstić information content (AvgIpc) is 2.63. The van der Waals surface area contributed by atoms with Crippen molar-refractivity contribution in [1.29, 1.82) is 0 Å². The lowest BCUT2D eigenvalue weighted by Crippen LogP contribution is -2.42. The molecule has 1 aliphatic rings. The van der Waals surface area contributed by atoms with E-state index in [0.29, 0.717) is 38.5 Å². The summed E-state index contributed by atoms with van der Waals surface area (Å²) in [4.78, 5) is 22.7. The van der Waals surface area contributed by atoms with Crippen molar-refractivity contribution in [2.75, 3.05) is 26.3 Å². The van der Waals surface area contributed by atoms with Gasteiger partial charge in [-0.3, -0.25) is 4.79 Å². The van der Waals surface area contributed by atoms with Gasteiger partial charge in [0, 0.05) is 12.7 Å². The molecule has 126 valence electrons. The van der Waals surface area contributed by atoms with Crippen LogP contribution < -0.4 is 4.74 Å². The van der Waals surface area contributed by atoms with Crippen molar-refractivity contribution in [2.45, 2.75) is 19.4 Å². The lowest BCUT2D eigenvalue weighted by atomic mass is 10.2. The summed E-state index contributed by atoms with van der Waals surface area (Å²) >= 11 is 0. The Morgan fingerprint density at radius 1 is 1.33 bits per heavy atom. The number of benzene rings is 1. The van der Waals surface area contributed by atoms with Gasteiger partial charge in [0.25, 0.3) is 0 Å². The molecule has 1 fully saturated rings. The Hall–Kier alpha value is -2.47. The van der Waals surface area contributed by atoms with E-state index in [0.717, 1.165) is 11.4 Å². The zero-order chi connectivity index (χ0) is 16.8. The van der Waals surface area contributed by atoms with Gasteiger partial charge in [-0.1, -0.05) is 18.2 Å². The van der Waals surface area contributed by atoms with E-state index < -0.39 is 0 Å². The number of nitrogens with zero attached hydrogens (tertiary/aromatic N) is 3. The van der Waals surface area contributed by atoms with Crippen LogP contribution in [0, 0.1) is 6.92 Å². The summed E-state index contributed by atoms with van der Waals surface area (Å²) in [5.74, 6) is 1.56. The number of rotatable bonds is 5. The number of carbonyl (C=O) groups is 1. The Morgan fingerprint density at radius 2 is 2.17 bits per heavy atom. The molecule has 1 aromatic heterocycles. The van der Waals surface area contributed by atoms with Gasteiger partial charge in [-0.15, -0.1) is 0 Å². The molecule has 2 aromatic rings. The molecular formula is C18H21N3O3. The molecule has 0 spiro atoms. The second-order valence-electron chi connectivity index (χ2n) is 5.64. The first-order valence-electron chi connectivity index (χ1n) is 8.09. The van der Waals surface area contributed by atoms with Crippen LogP contribution in [0.2, 0.25) is 0 Å². The molecule has 6 heteroatoms. The first-order valence-corrected chi connectivity index (χ1v) is 8.09. The lowest BCUT2D eigenvalue weighted by Gasteiger charge is -2.32. The smallest absolute Gasteiger partial charge is 0.226 e. The van der Waals surface area contributed by atoms with Crippen molar-refractivity contribution >= 4 is 5.91 Å². The maximum absolute atomic E-state index is 12.4. The van der Waals surface area contributed by atoms with Crippen LogP contribution in [0.1, 0.15) is 24.0 Å². The lowest BCUT2D eigenvalue weighted by molar-refractivity contribution is -0.139. The second-order valence-corrected chi connectivity index (χ2v) is 5.64. The minimum atomic E-state index is -0.195. The highest BCUT2D eigenvalue weighted by Crippen LogP contribution is 2.21. The molecule has 1 atom stereocenters. The topological polar surface area (TPSA) is 64.6 Å². The molecule has 0 saturated carbocycles. The van der Waals surface area contributed by atoms with E-state index in [1.54, 1.807) is 6.20 Å². The van der Waals surface area contributed by atoms with Crippen LogP contribution in [0.4, 0.5) is 0 Å². The number of ether oxygens (including phenoxy) is 2. The van der Waals surface area contributed by atoms with Crippen LogP contribution in [0.15, 0.2) is 42.6 Å². The number of morpholine rings is 1. The summed E-state index contributed by atoms with van der Waals surface area (Å²) in [6.45, 7) is 3.85. The fourth-order valence-electron chi connectivity index (χ4n) is 2.64. The Labute approximate surface area is 141 Å². The zero-order valence-corrected chi connectivity index (χ0v) is 13.7. The van der Waals surface area contributed by atoms with Crippen LogP contribution in [0.5, 0.6) is 5.75 Å². The third-order valence-corrected chi connectivity index (χ3v) is 3.87. The summed E-state index contributed by atoms with van der Waals surface area (Å²) in [7, 11) is 0. The first kappa shape index (κ1) is 16.4. The van der Waals surface area contributed by atoms with Crippen LogP contribution in [0.3, 0.4) is 0 Å². The van der Waals surface area contributed by atoms with Crippen LogP contribution >= 0.6 is 0 Å². The van der Waals surface area contributed by atoms with Gasteiger partial charge in [0.2, 0.25) is 5.91 Å². The maximum atomic E-state index is 12.4. The minimum absolute atomic E-state index is 0.0741. The van der Waals surface area contributed by atoms with E-state index in [1.807, 2.05) is 48.2 Å².